The Morgan fingerprint density at radius 1 is 1.12 bits per heavy atom. The lowest BCUT2D eigenvalue weighted by Gasteiger charge is -2.30. The molecule has 1 aliphatic carbocycles. The average Bonchev–Trinajstić information content (AvgIpc) is 3.54. The first-order chi connectivity index (χ1) is 20.5. The van der Waals surface area contributed by atoms with Crippen molar-refractivity contribution in [3.63, 3.8) is 0 Å². The fourth-order valence-electron chi connectivity index (χ4n) is 5.79. The first-order valence-corrected chi connectivity index (χ1v) is 16.8. The van der Waals surface area contributed by atoms with Crippen LogP contribution in [0.25, 0.3) is 0 Å². The van der Waals surface area contributed by atoms with Gasteiger partial charge in [0.2, 0.25) is 10.0 Å². The van der Waals surface area contributed by atoms with Gasteiger partial charge in [0.15, 0.2) is 0 Å². The Morgan fingerprint density at radius 3 is 2.44 bits per heavy atom. The van der Waals surface area contributed by atoms with Crippen LogP contribution in [0.4, 0.5) is 9.80 Å². The molecular formula is C30H37N5O6S2. The minimum absolute atomic E-state index is 0.0236. The number of benzene rings is 1. The van der Waals surface area contributed by atoms with Gasteiger partial charge in [-0.2, -0.15) is 9.40 Å². The third-order valence-corrected chi connectivity index (χ3v) is 11.2. The van der Waals surface area contributed by atoms with Gasteiger partial charge in [-0.15, -0.1) is 11.3 Å². The Morgan fingerprint density at radius 2 is 1.81 bits per heavy atom. The van der Waals surface area contributed by atoms with Gasteiger partial charge in [0, 0.05) is 35.8 Å². The lowest BCUT2D eigenvalue weighted by atomic mass is 9.96. The topological polar surface area (TPSA) is 131 Å². The molecule has 0 atom stereocenters. The van der Waals surface area contributed by atoms with Crippen molar-refractivity contribution < 1.29 is 27.5 Å². The Kier molecular flexibility index (Phi) is 9.04. The molecule has 1 saturated carbocycles. The molecule has 0 radical (unpaired) electrons. The van der Waals surface area contributed by atoms with Crippen molar-refractivity contribution in [2.24, 2.45) is 0 Å². The Bertz CT molecular complexity index is 1640. The lowest BCUT2D eigenvalue weighted by molar-refractivity contribution is 0.0941. The van der Waals surface area contributed by atoms with E-state index in [1.807, 2.05) is 0 Å². The highest BCUT2D eigenvalue weighted by molar-refractivity contribution is 7.89. The van der Waals surface area contributed by atoms with Crippen molar-refractivity contribution >= 4 is 44.3 Å². The van der Waals surface area contributed by atoms with Gasteiger partial charge >= 0.3 is 6.09 Å². The Balaban J connectivity index is 1.41. The molecule has 1 N–H and O–H groups in total. The van der Waals surface area contributed by atoms with Crippen molar-refractivity contribution in [2.75, 3.05) is 25.5 Å². The van der Waals surface area contributed by atoms with E-state index in [4.69, 9.17) is 4.74 Å². The summed E-state index contributed by atoms with van der Waals surface area (Å²) in [5.41, 5.74) is 2.72. The highest BCUT2D eigenvalue weighted by atomic mass is 32.2. The highest BCUT2D eigenvalue weighted by Gasteiger charge is 2.33. The average molecular weight is 628 g/mol. The van der Waals surface area contributed by atoms with Gasteiger partial charge in [0.05, 0.1) is 29.3 Å². The van der Waals surface area contributed by atoms with Crippen LogP contribution in [0.1, 0.15) is 81.6 Å². The van der Waals surface area contributed by atoms with E-state index in [2.05, 4.69) is 10.4 Å². The molecule has 2 aliphatic rings. The monoisotopic (exact) mass is 627 g/mol. The van der Waals surface area contributed by atoms with E-state index in [-0.39, 0.29) is 35.6 Å². The van der Waals surface area contributed by atoms with Crippen LogP contribution in [-0.2, 0) is 27.7 Å². The van der Waals surface area contributed by atoms with Crippen LogP contribution in [0, 0.1) is 13.8 Å². The molecule has 1 aliphatic heterocycles. The quantitative estimate of drug-likeness (QED) is 0.391. The molecule has 0 spiro atoms. The van der Waals surface area contributed by atoms with Crippen molar-refractivity contribution in [1.82, 2.24) is 19.0 Å². The lowest BCUT2D eigenvalue weighted by Crippen LogP contribution is -2.38. The zero-order valence-corrected chi connectivity index (χ0v) is 26.5. The second-order valence-corrected chi connectivity index (χ2v) is 14.1. The van der Waals surface area contributed by atoms with Crippen molar-refractivity contribution in [2.45, 2.75) is 76.8 Å². The summed E-state index contributed by atoms with van der Waals surface area (Å²) < 4.78 is 34.5. The van der Waals surface area contributed by atoms with E-state index in [1.54, 1.807) is 38.8 Å². The maximum Gasteiger partial charge on any atom is 0.410 e. The van der Waals surface area contributed by atoms with Gasteiger partial charge in [-0.25, -0.2) is 17.9 Å². The number of thiophene rings is 1. The molecule has 11 nitrogen and oxygen atoms in total. The maximum absolute atomic E-state index is 13.8. The number of sulfonamides is 1. The van der Waals surface area contributed by atoms with Crippen molar-refractivity contribution in [3.8, 4) is 0 Å². The molecule has 13 heteroatoms. The molecule has 43 heavy (non-hydrogen) atoms. The van der Waals surface area contributed by atoms with Crippen LogP contribution >= 0.6 is 11.3 Å². The molecule has 2 aromatic heterocycles. The fourth-order valence-corrected chi connectivity index (χ4v) is 8.46. The van der Waals surface area contributed by atoms with E-state index in [1.165, 1.54) is 44.6 Å². The van der Waals surface area contributed by atoms with Crippen LogP contribution in [0.15, 0.2) is 35.2 Å². The molecule has 5 rings (SSSR count). The summed E-state index contributed by atoms with van der Waals surface area (Å²) in [5.74, 6) is -0.844. The van der Waals surface area contributed by atoms with Crippen LogP contribution in [0.2, 0.25) is 0 Å². The number of ether oxygens (including phenoxy) is 1. The standard InChI is InChI=1S/C30H37N5O6S2/c1-5-41-30(38)34-16-15-24-25(18-34)42-28(26(24)29(37)35-20(3)17-19(2)32-35)31-27(36)21-11-13-23(14-12-21)43(39,40)33(4)22-9-7-6-8-10-22/h11-14,17,22H,5-10,15-16,18H2,1-4H3,(H,31,36). The minimum atomic E-state index is -3.70. The second-order valence-electron chi connectivity index (χ2n) is 11.0. The second kappa shape index (κ2) is 12.6. The van der Waals surface area contributed by atoms with Crippen molar-refractivity contribution in [3.05, 3.63) is 63.3 Å². The number of nitrogens with zero attached hydrogens (tertiary/aromatic N) is 4. The van der Waals surface area contributed by atoms with E-state index in [0.717, 1.165) is 42.5 Å². The number of carbonyl (C=O) groups is 3. The number of hydrogen-bond acceptors (Lipinski definition) is 8. The largest absolute Gasteiger partial charge is 0.450 e. The summed E-state index contributed by atoms with van der Waals surface area (Å²) in [5, 5.41) is 7.59. The number of hydrogen-bond donors (Lipinski definition) is 1. The van der Waals surface area contributed by atoms with E-state index >= 15 is 0 Å². The summed E-state index contributed by atoms with van der Waals surface area (Å²) in [4.78, 5) is 42.1. The predicted octanol–water partition coefficient (Wildman–Crippen LogP) is 4.97. The van der Waals surface area contributed by atoms with E-state index in [0.29, 0.717) is 34.9 Å². The first kappa shape index (κ1) is 30.9. The van der Waals surface area contributed by atoms with Gasteiger partial charge in [-0.3, -0.25) is 9.59 Å². The minimum Gasteiger partial charge on any atom is -0.450 e. The van der Waals surface area contributed by atoms with E-state index in [9.17, 15) is 22.8 Å². The highest BCUT2D eigenvalue weighted by Crippen LogP contribution is 2.38. The van der Waals surface area contributed by atoms with Crippen molar-refractivity contribution in [1.29, 1.82) is 0 Å². The SMILES string of the molecule is CCOC(=O)N1CCc2c(sc(NC(=O)c3ccc(S(=O)(=O)N(C)C4CCCCC4)cc3)c2C(=O)n2nc(C)cc2C)C1. The summed E-state index contributed by atoms with van der Waals surface area (Å²) >= 11 is 1.24. The zero-order chi connectivity index (χ0) is 30.9. The molecule has 230 valence electrons. The number of aryl methyl sites for hydroxylation is 2. The molecule has 0 bridgehead atoms. The molecule has 0 saturated heterocycles. The Hall–Kier alpha value is -3.55. The molecule has 1 fully saturated rings. The van der Waals surface area contributed by atoms with Crippen LogP contribution < -0.4 is 5.32 Å². The first-order valence-electron chi connectivity index (χ1n) is 14.5. The summed E-state index contributed by atoms with van der Waals surface area (Å²) in [6, 6.07) is 7.64. The van der Waals surface area contributed by atoms with Gasteiger partial charge in [-0.1, -0.05) is 19.3 Å². The zero-order valence-electron chi connectivity index (χ0n) is 24.9. The van der Waals surface area contributed by atoms with Crippen LogP contribution in [-0.4, -0.2) is 71.6 Å². The number of rotatable bonds is 7. The van der Waals surface area contributed by atoms with Gasteiger partial charge < -0.3 is 15.0 Å². The third-order valence-electron chi connectivity index (χ3n) is 8.11. The van der Waals surface area contributed by atoms with Gasteiger partial charge in [0.25, 0.3) is 11.8 Å². The number of nitrogens with one attached hydrogen (secondary N) is 1. The number of amides is 2. The molecule has 3 aromatic rings. The van der Waals surface area contributed by atoms with Crippen LogP contribution in [0.3, 0.4) is 0 Å². The van der Waals surface area contributed by atoms with Gasteiger partial charge in [-0.05, 0) is 75.9 Å². The number of fused-ring (bicyclic) bond motifs is 1. The van der Waals surface area contributed by atoms with Crippen LogP contribution in [0.5, 0.6) is 0 Å². The maximum atomic E-state index is 13.8. The fraction of sp³-hybridized carbons (Fsp3) is 0.467. The molecule has 2 amide bonds. The number of carbonyl (C=O) groups excluding carboxylic acids is 3. The smallest absolute Gasteiger partial charge is 0.410 e. The molecule has 1 aromatic carbocycles. The predicted molar refractivity (Wildman–Crippen MR) is 163 cm³/mol. The summed E-state index contributed by atoms with van der Waals surface area (Å²) in [6.45, 7) is 6.22. The van der Waals surface area contributed by atoms with E-state index < -0.39 is 22.0 Å². The van der Waals surface area contributed by atoms with Gasteiger partial charge in [0.1, 0.15) is 5.00 Å². The Labute approximate surface area is 255 Å². The summed E-state index contributed by atoms with van der Waals surface area (Å²) in [7, 11) is -2.08. The normalized spacial score (nSPS) is 15.8. The third kappa shape index (κ3) is 6.24. The molecular weight excluding hydrogens is 590 g/mol. The number of aromatic nitrogens is 2. The number of anilines is 1. The molecule has 3 heterocycles. The summed E-state index contributed by atoms with van der Waals surface area (Å²) in [6.07, 6.45) is 4.83. The molecule has 0 unspecified atom stereocenters.